The molecule has 1 aromatic heterocycles. The van der Waals surface area contributed by atoms with E-state index >= 15 is 0 Å². The van der Waals surface area contributed by atoms with Crippen LogP contribution in [0.4, 0.5) is 5.82 Å². The van der Waals surface area contributed by atoms with Crippen LogP contribution < -0.4 is 16.2 Å². The average Bonchev–Trinajstić information content (AvgIpc) is 2.76. The van der Waals surface area contributed by atoms with Crippen molar-refractivity contribution in [1.82, 2.24) is 9.78 Å². The predicted octanol–water partition coefficient (Wildman–Crippen LogP) is 1.91. The van der Waals surface area contributed by atoms with Crippen molar-refractivity contribution in [2.24, 2.45) is 5.73 Å². The molecule has 2 rings (SSSR count). The second-order valence-electron chi connectivity index (χ2n) is 4.22. The standard InChI is InChI=1S/C13H15ClN4O2/c1-3-20-11-5-9(14)10(4-7(11)2)18-12(15)8(6-17-18)13(16)19/h4-6H,3,15H2,1-2H3,(H2,16,19). The van der Waals surface area contributed by atoms with Crippen LogP contribution in [0.1, 0.15) is 22.8 Å². The normalized spacial score (nSPS) is 10.6. The number of hydrogen-bond acceptors (Lipinski definition) is 4. The Labute approximate surface area is 121 Å². The molecule has 0 aliphatic heterocycles. The molecule has 0 saturated heterocycles. The van der Waals surface area contributed by atoms with E-state index in [0.29, 0.717) is 23.1 Å². The van der Waals surface area contributed by atoms with Crippen molar-refractivity contribution in [3.63, 3.8) is 0 Å². The van der Waals surface area contributed by atoms with Gasteiger partial charge in [0.1, 0.15) is 17.1 Å². The van der Waals surface area contributed by atoms with Crippen molar-refractivity contribution in [2.75, 3.05) is 12.3 Å². The molecule has 0 fully saturated rings. The second kappa shape index (κ2) is 5.42. The fourth-order valence-electron chi connectivity index (χ4n) is 1.86. The molecule has 20 heavy (non-hydrogen) atoms. The van der Waals surface area contributed by atoms with E-state index in [1.165, 1.54) is 10.9 Å². The van der Waals surface area contributed by atoms with E-state index in [1.807, 2.05) is 13.8 Å². The molecule has 0 aliphatic rings. The topological polar surface area (TPSA) is 96.2 Å². The summed E-state index contributed by atoms with van der Waals surface area (Å²) in [5.74, 6) is 0.220. The fourth-order valence-corrected chi connectivity index (χ4v) is 2.09. The number of benzene rings is 1. The fraction of sp³-hybridized carbons (Fsp3) is 0.231. The number of aryl methyl sites for hydroxylation is 1. The number of halogens is 1. The highest BCUT2D eigenvalue weighted by Gasteiger charge is 2.16. The number of primary amides is 1. The molecular weight excluding hydrogens is 280 g/mol. The van der Waals surface area contributed by atoms with Gasteiger partial charge in [0.05, 0.1) is 23.5 Å². The number of nitrogen functional groups attached to an aromatic ring is 1. The van der Waals surface area contributed by atoms with Gasteiger partial charge in [-0.2, -0.15) is 5.10 Å². The number of anilines is 1. The summed E-state index contributed by atoms with van der Waals surface area (Å²) >= 11 is 6.22. The number of aromatic nitrogens is 2. The van der Waals surface area contributed by atoms with Gasteiger partial charge in [-0.05, 0) is 25.5 Å². The molecule has 0 aliphatic carbocycles. The summed E-state index contributed by atoms with van der Waals surface area (Å²) in [6.07, 6.45) is 1.32. The zero-order valence-electron chi connectivity index (χ0n) is 11.2. The van der Waals surface area contributed by atoms with E-state index in [2.05, 4.69) is 5.10 Å². The number of rotatable bonds is 4. The van der Waals surface area contributed by atoms with Gasteiger partial charge in [0.25, 0.3) is 5.91 Å². The third-order valence-electron chi connectivity index (χ3n) is 2.84. The van der Waals surface area contributed by atoms with Gasteiger partial charge in [-0.15, -0.1) is 0 Å². The number of amides is 1. The highest BCUT2D eigenvalue weighted by atomic mass is 35.5. The first kappa shape index (κ1) is 14.2. The zero-order chi connectivity index (χ0) is 14.9. The first-order chi connectivity index (χ1) is 9.45. The maximum atomic E-state index is 11.2. The summed E-state index contributed by atoms with van der Waals surface area (Å²) < 4.78 is 6.84. The summed E-state index contributed by atoms with van der Waals surface area (Å²) in [4.78, 5) is 11.2. The van der Waals surface area contributed by atoms with Gasteiger partial charge in [-0.1, -0.05) is 11.6 Å². The molecule has 0 unspecified atom stereocenters. The van der Waals surface area contributed by atoms with Crippen LogP contribution in [0.25, 0.3) is 5.69 Å². The van der Waals surface area contributed by atoms with Crippen molar-refractivity contribution in [2.45, 2.75) is 13.8 Å². The Bertz CT molecular complexity index is 667. The third kappa shape index (κ3) is 2.42. The maximum Gasteiger partial charge on any atom is 0.254 e. The quantitative estimate of drug-likeness (QED) is 0.900. The Morgan fingerprint density at radius 3 is 2.75 bits per heavy atom. The Morgan fingerprint density at radius 2 is 2.20 bits per heavy atom. The molecular formula is C13H15ClN4O2. The van der Waals surface area contributed by atoms with Crippen LogP contribution in [0.5, 0.6) is 5.75 Å². The smallest absolute Gasteiger partial charge is 0.254 e. The Balaban J connectivity index is 2.53. The van der Waals surface area contributed by atoms with Crippen LogP contribution in [-0.2, 0) is 0 Å². The molecule has 0 saturated carbocycles. The number of nitrogens with two attached hydrogens (primary N) is 2. The van der Waals surface area contributed by atoms with E-state index < -0.39 is 5.91 Å². The van der Waals surface area contributed by atoms with E-state index in [-0.39, 0.29) is 11.4 Å². The van der Waals surface area contributed by atoms with Crippen molar-refractivity contribution >= 4 is 23.3 Å². The minimum absolute atomic E-state index is 0.156. The van der Waals surface area contributed by atoms with Crippen LogP contribution in [-0.4, -0.2) is 22.3 Å². The SMILES string of the molecule is CCOc1cc(Cl)c(-n2ncc(C(N)=O)c2N)cc1C. The first-order valence-electron chi connectivity index (χ1n) is 6.02. The van der Waals surface area contributed by atoms with Gasteiger partial charge in [-0.25, -0.2) is 4.68 Å². The Morgan fingerprint density at radius 1 is 1.50 bits per heavy atom. The van der Waals surface area contributed by atoms with Crippen molar-refractivity contribution in [3.05, 3.63) is 34.5 Å². The maximum absolute atomic E-state index is 11.2. The highest BCUT2D eigenvalue weighted by molar-refractivity contribution is 6.32. The molecule has 1 aromatic carbocycles. The lowest BCUT2D eigenvalue weighted by atomic mass is 10.2. The third-order valence-corrected chi connectivity index (χ3v) is 3.15. The molecule has 7 heteroatoms. The predicted molar refractivity (Wildman–Crippen MR) is 77.4 cm³/mol. The number of hydrogen-bond donors (Lipinski definition) is 2. The lowest BCUT2D eigenvalue weighted by Crippen LogP contribution is -2.13. The monoisotopic (exact) mass is 294 g/mol. The van der Waals surface area contributed by atoms with E-state index in [0.717, 1.165) is 5.56 Å². The number of ether oxygens (including phenoxy) is 1. The Hall–Kier alpha value is -2.21. The summed E-state index contributed by atoms with van der Waals surface area (Å²) in [5, 5.41) is 4.47. The second-order valence-corrected chi connectivity index (χ2v) is 4.63. The molecule has 0 bridgehead atoms. The van der Waals surface area contributed by atoms with Gasteiger partial charge in [0.2, 0.25) is 0 Å². The minimum atomic E-state index is -0.632. The lowest BCUT2D eigenvalue weighted by Gasteiger charge is -2.12. The molecule has 0 atom stereocenters. The van der Waals surface area contributed by atoms with Crippen LogP contribution in [0.3, 0.4) is 0 Å². The largest absolute Gasteiger partial charge is 0.494 e. The highest BCUT2D eigenvalue weighted by Crippen LogP contribution is 2.31. The number of nitrogens with zero attached hydrogens (tertiary/aromatic N) is 2. The lowest BCUT2D eigenvalue weighted by molar-refractivity contribution is 0.100. The van der Waals surface area contributed by atoms with E-state index in [4.69, 9.17) is 27.8 Å². The summed E-state index contributed by atoms with van der Waals surface area (Å²) in [7, 11) is 0. The van der Waals surface area contributed by atoms with Gasteiger partial charge in [-0.3, -0.25) is 4.79 Å². The van der Waals surface area contributed by atoms with Crippen LogP contribution in [0, 0.1) is 6.92 Å². The average molecular weight is 295 g/mol. The number of carbonyl (C=O) groups excluding carboxylic acids is 1. The molecule has 6 nitrogen and oxygen atoms in total. The molecule has 4 N–H and O–H groups in total. The molecule has 0 radical (unpaired) electrons. The van der Waals surface area contributed by atoms with Crippen LogP contribution in [0.2, 0.25) is 5.02 Å². The zero-order valence-corrected chi connectivity index (χ0v) is 11.9. The number of carbonyl (C=O) groups is 1. The molecule has 1 heterocycles. The van der Waals surface area contributed by atoms with Gasteiger partial charge in [0.15, 0.2) is 0 Å². The Kier molecular flexibility index (Phi) is 3.85. The van der Waals surface area contributed by atoms with Gasteiger partial charge >= 0.3 is 0 Å². The molecule has 106 valence electrons. The van der Waals surface area contributed by atoms with Crippen molar-refractivity contribution in [1.29, 1.82) is 0 Å². The van der Waals surface area contributed by atoms with Crippen LogP contribution in [0.15, 0.2) is 18.3 Å². The first-order valence-corrected chi connectivity index (χ1v) is 6.40. The molecule has 1 amide bonds. The van der Waals surface area contributed by atoms with Gasteiger partial charge < -0.3 is 16.2 Å². The van der Waals surface area contributed by atoms with Gasteiger partial charge in [0, 0.05) is 6.07 Å². The van der Waals surface area contributed by atoms with Crippen LogP contribution >= 0.6 is 11.6 Å². The summed E-state index contributed by atoms with van der Waals surface area (Å²) in [6.45, 7) is 4.33. The summed E-state index contributed by atoms with van der Waals surface area (Å²) in [5.41, 5.74) is 12.7. The summed E-state index contributed by atoms with van der Waals surface area (Å²) in [6, 6.07) is 3.49. The van der Waals surface area contributed by atoms with Crippen molar-refractivity contribution in [3.8, 4) is 11.4 Å². The molecule has 2 aromatic rings. The van der Waals surface area contributed by atoms with E-state index in [1.54, 1.807) is 12.1 Å². The van der Waals surface area contributed by atoms with Crippen molar-refractivity contribution < 1.29 is 9.53 Å². The molecule has 0 spiro atoms. The van der Waals surface area contributed by atoms with E-state index in [9.17, 15) is 4.79 Å². The minimum Gasteiger partial charge on any atom is -0.494 e.